The van der Waals surface area contributed by atoms with Crippen molar-refractivity contribution in [3.63, 3.8) is 0 Å². The van der Waals surface area contributed by atoms with Crippen LogP contribution in [0.3, 0.4) is 0 Å². The SMILES string of the molecule is C=CCN(C(=O)[C@@H]1[C@H]2C(=O)N(CCCO)C(C(=O)N(CC=C)C(C)(C)C)C23CC[C@@]1(CC)O3)c1ccc(OCC)cc1. The lowest BCUT2D eigenvalue weighted by molar-refractivity contribution is -0.155. The Morgan fingerprint density at radius 3 is 2.33 bits per heavy atom. The van der Waals surface area contributed by atoms with E-state index in [0.717, 1.165) is 0 Å². The molecule has 1 spiro atoms. The smallest absolute Gasteiger partial charge is 0.249 e. The maximum absolute atomic E-state index is 14.6. The Labute approximate surface area is 250 Å². The molecule has 0 aliphatic carbocycles. The minimum Gasteiger partial charge on any atom is -0.494 e. The zero-order valence-corrected chi connectivity index (χ0v) is 25.8. The van der Waals surface area contributed by atoms with Crippen LogP contribution in [0.4, 0.5) is 5.69 Å². The summed E-state index contributed by atoms with van der Waals surface area (Å²) < 4.78 is 12.5. The maximum Gasteiger partial charge on any atom is 0.249 e. The highest BCUT2D eigenvalue weighted by Crippen LogP contribution is 2.64. The average molecular weight is 582 g/mol. The van der Waals surface area contributed by atoms with Crippen molar-refractivity contribution in [3.8, 4) is 5.75 Å². The first-order valence-corrected chi connectivity index (χ1v) is 15.1. The number of rotatable bonds is 13. The number of aliphatic hydroxyl groups excluding tert-OH is 1. The molecule has 2 bridgehead atoms. The van der Waals surface area contributed by atoms with Crippen LogP contribution in [0, 0.1) is 11.8 Å². The van der Waals surface area contributed by atoms with Crippen LogP contribution in [0.15, 0.2) is 49.6 Å². The van der Waals surface area contributed by atoms with E-state index in [-0.39, 0.29) is 37.4 Å². The number of aliphatic hydroxyl groups is 1. The summed E-state index contributed by atoms with van der Waals surface area (Å²) in [5.41, 5.74) is -1.86. The van der Waals surface area contributed by atoms with Gasteiger partial charge in [0.05, 0.1) is 24.0 Å². The summed E-state index contributed by atoms with van der Waals surface area (Å²) in [5, 5.41) is 9.67. The number of nitrogens with zero attached hydrogens (tertiary/aromatic N) is 3. The summed E-state index contributed by atoms with van der Waals surface area (Å²) in [7, 11) is 0. The van der Waals surface area contributed by atoms with E-state index in [0.29, 0.717) is 50.3 Å². The van der Waals surface area contributed by atoms with Gasteiger partial charge in [0.25, 0.3) is 0 Å². The fraction of sp³-hybridized carbons (Fsp3) is 0.606. The van der Waals surface area contributed by atoms with Crippen molar-refractivity contribution in [3.05, 3.63) is 49.6 Å². The predicted octanol–water partition coefficient (Wildman–Crippen LogP) is 3.95. The van der Waals surface area contributed by atoms with Gasteiger partial charge < -0.3 is 29.3 Å². The average Bonchev–Trinajstić information content (AvgIpc) is 3.56. The van der Waals surface area contributed by atoms with E-state index in [4.69, 9.17) is 9.47 Å². The molecule has 1 N–H and O–H groups in total. The van der Waals surface area contributed by atoms with Crippen molar-refractivity contribution in [2.24, 2.45) is 11.8 Å². The number of carbonyl (C=O) groups is 3. The number of hydrogen-bond acceptors (Lipinski definition) is 6. The normalized spacial score (nSPS) is 28.0. The molecular weight excluding hydrogens is 534 g/mol. The van der Waals surface area contributed by atoms with Gasteiger partial charge in [0, 0.05) is 37.5 Å². The van der Waals surface area contributed by atoms with Gasteiger partial charge in [-0.05, 0) is 77.6 Å². The zero-order valence-electron chi connectivity index (χ0n) is 25.8. The first kappa shape index (κ1) is 31.8. The van der Waals surface area contributed by atoms with Crippen molar-refractivity contribution in [1.29, 1.82) is 0 Å². The standard InChI is InChI=1S/C33H47N3O6/c1-8-19-34(23-13-15-24(16-14-23)41-11-4)28(38)25-26-29(39)35(21-12-22-37)27(30(40)36(20-9-2)31(5,6)7)33(26)18-17-32(25,10-3)42-33/h8-9,13-16,25-27,37H,1-2,10-12,17-22H2,3-7H3/t25-,26-,27?,32+,33?/m0/s1. The third kappa shape index (κ3) is 5.15. The van der Waals surface area contributed by atoms with Crippen molar-refractivity contribution in [2.75, 3.05) is 37.7 Å². The van der Waals surface area contributed by atoms with Gasteiger partial charge in [0.2, 0.25) is 17.7 Å². The molecule has 9 nitrogen and oxygen atoms in total. The minimum atomic E-state index is -1.14. The van der Waals surface area contributed by atoms with E-state index in [1.807, 2.05) is 58.9 Å². The second-order valence-electron chi connectivity index (χ2n) is 12.5. The molecule has 3 aliphatic rings. The number of amides is 3. The van der Waals surface area contributed by atoms with E-state index in [2.05, 4.69) is 13.2 Å². The summed E-state index contributed by atoms with van der Waals surface area (Å²) in [4.78, 5) is 48.4. The molecule has 2 unspecified atom stereocenters. The molecule has 1 aromatic rings. The number of ether oxygens (including phenoxy) is 2. The molecule has 0 aromatic heterocycles. The van der Waals surface area contributed by atoms with Gasteiger partial charge in [-0.3, -0.25) is 14.4 Å². The summed E-state index contributed by atoms with van der Waals surface area (Å²) >= 11 is 0. The van der Waals surface area contributed by atoms with E-state index in [1.54, 1.807) is 26.9 Å². The number of fused-ring (bicyclic) bond motifs is 1. The van der Waals surface area contributed by atoms with Crippen molar-refractivity contribution < 1.29 is 29.0 Å². The Bertz CT molecular complexity index is 1190. The van der Waals surface area contributed by atoms with Crippen molar-refractivity contribution in [2.45, 2.75) is 83.1 Å². The maximum atomic E-state index is 14.6. The largest absolute Gasteiger partial charge is 0.494 e. The second-order valence-corrected chi connectivity index (χ2v) is 12.5. The Balaban J connectivity index is 1.80. The third-order valence-corrected chi connectivity index (χ3v) is 9.16. The molecule has 9 heteroatoms. The highest BCUT2D eigenvalue weighted by Gasteiger charge is 2.79. The van der Waals surface area contributed by atoms with E-state index in [1.165, 1.54) is 0 Å². The number of anilines is 1. The van der Waals surface area contributed by atoms with Crippen LogP contribution in [0.1, 0.15) is 60.3 Å². The van der Waals surface area contributed by atoms with E-state index >= 15 is 0 Å². The number of carbonyl (C=O) groups excluding carboxylic acids is 3. The molecule has 3 aliphatic heterocycles. The zero-order chi connectivity index (χ0) is 30.9. The fourth-order valence-electron chi connectivity index (χ4n) is 7.33. The topological polar surface area (TPSA) is 99.6 Å². The molecule has 4 rings (SSSR count). The first-order valence-electron chi connectivity index (χ1n) is 15.1. The molecule has 3 saturated heterocycles. The van der Waals surface area contributed by atoms with Crippen molar-refractivity contribution in [1.82, 2.24) is 9.80 Å². The van der Waals surface area contributed by atoms with Crippen LogP contribution in [-0.2, 0) is 19.1 Å². The van der Waals surface area contributed by atoms with Gasteiger partial charge in [-0.15, -0.1) is 13.2 Å². The first-order chi connectivity index (χ1) is 20.0. The lowest BCUT2D eigenvalue weighted by atomic mass is 9.64. The quantitative estimate of drug-likeness (QED) is 0.354. The Hall–Kier alpha value is -3.17. The van der Waals surface area contributed by atoms with Crippen LogP contribution in [0.2, 0.25) is 0 Å². The summed E-state index contributed by atoms with van der Waals surface area (Å²) in [5.74, 6) is -1.57. The van der Waals surface area contributed by atoms with Gasteiger partial charge in [-0.2, -0.15) is 0 Å². The fourth-order valence-corrected chi connectivity index (χ4v) is 7.33. The Morgan fingerprint density at radius 1 is 1.12 bits per heavy atom. The number of hydrogen-bond donors (Lipinski definition) is 1. The predicted molar refractivity (Wildman–Crippen MR) is 162 cm³/mol. The van der Waals surface area contributed by atoms with E-state index < -0.39 is 34.6 Å². The molecule has 3 amide bonds. The van der Waals surface area contributed by atoms with Gasteiger partial charge >= 0.3 is 0 Å². The number of benzene rings is 1. The summed E-state index contributed by atoms with van der Waals surface area (Å²) in [6.07, 6.45) is 5.29. The third-order valence-electron chi connectivity index (χ3n) is 9.16. The molecule has 230 valence electrons. The van der Waals surface area contributed by atoms with E-state index in [9.17, 15) is 19.5 Å². The summed E-state index contributed by atoms with van der Waals surface area (Å²) in [6, 6.07) is 6.42. The Kier molecular flexibility index (Phi) is 9.23. The van der Waals surface area contributed by atoms with Crippen LogP contribution >= 0.6 is 0 Å². The van der Waals surface area contributed by atoms with Gasteiger partial charge in [0.15, 0.2) is 0 Å². The molecule has 0 radical (unpaired) electrons. The second kappa shape index (κ2) is 12.2. The highest BCUT2D eigenvalue weighted by atomic mass is 16.5. The lowest BCUT2D eigenvalue weighted by Gasteiger charge is -2.42. The Morgan fingerprint density at radius 2 is 1.79 bits per heavy atom. The summed E-state index contributed by atoms with van der Waals surface area (Å²) in [6.45, 7) is 18.7. The highest BCUT2D eigenvalue weighted by molar-refractivity contribution is 6.03. The molecule has 42 heavy (non-hydrogen) atoms. The molecule has 5 atom stereocenters. The van der Waals surface area contributed by atoms with Crippen LogP contribution in [-0.4, -0.2) is 88.3 Å². The van der Waals surface area contributed by atoms with Gasteiger partial charge in [-0.1, -0.05) is 19.1 Å². The molecular formula is C33H47N3O6. The molecule has 1 aromatic carbocycles. The van der Waals surface area contributed by atoms with Crippen LogP contribution in [0.25, 0.3) is 0 Å². The van der Waals surface area contributed by atoms with Crippen LogP contribution < -0.4 is 9.64 Å². The number of likely N-dealkylation sites (tertiary alicyclic amines) is 1. The van der Waals surface area contributed by atoms with Gasteiger partial charge in [-0.25, -0.2) is 0 Å². The monoisotopic (exact) mass is 581 g/mol. The molecule has 3 heterocycles. The van der Waals surface area contributed by atoms with Crippen LogP contribution in [0.5, 0.6) is 5.75 Å². The van der Waals surface area contributed by atoms with Gasteiger partial charge in [0.1, 0.15) is 17.4 Å². The minimum absolute atomic E-state index is 0.120. The lowest BCUT2D eigenvalue weighted by Crippen LogP contribution is -2.60. The molecule has 3 fully saturated rings. The van der Waals surface area contributed by atoms with Crippen molar-refractivity contribution >= 4 is 23.4 Å². The molecule has 0 saturated carbocycles.